The molecule has 18 heavy (non-hydrogen) atoms. The number of halogens is 1. The Morgan fingerprint density at radius 3 is 2.67 bits per heavy atom. The number of benzene rings is 1. The van der Waals surface area contributed by atoms with Gasteiger partial charge in [0, 0.05) is 5.56 Å². The second kappa shape index (κ2) is 4.51. The summed E-state index contributed by atoms with van der Waals surface area (Å²) < 4.78 is 39.2. The quantitative estimate of drug-likeness (QED) is 0.885. The highest BCUT2D eigenvalue weighted by atomic mass is 32.2. The topological polar surface area (TPSA) is 74.8 Å². The molecule has 0 fully saturated rings. The van der Waals surface area contributed by atoms with E-state index in [0.29, 0.717) is 11.5 Å². The van der Waals surface area contributed by atoms with Gasteiger partial charge in [0.1, 0.15) is 11.6 Å². The van der Waals surface area contributed by atoms with Crippen LogP contribution in [0, 0.1) is 12.7 Å². The summed E-state index contributed by atoms with van der Waals surface area (Å²) in [5.74, 6) is 0.125. The van der Waals surface area contributed by atoms with Crippen molar-refractivity contribution in [1.82, 2.24) is 14.7 Å². The van der Waals surface area contributed by atoms with E-state index in [0.717, 1.165) is 6.07 Å². The summed E-state index contributed by atoms with van der Waals surface area (Å²) in [6.07, 6.45) is 1.46. The lowest BCUT2D eigenvalue weighted by atomic mass is 10.1. The van der Waals surface area contributed by atoms with E-state index in [2.05, 4.69) is 14.7 Å². The van der Waals surface area contributed by atoms with Crippen LogP contribution in [0.3, 0.4) is 0 Å². The van der Waals surface area contributed by atoms with Gasteiger partial charge in [-0.3, -0.25) is 0 Å². The van der Waals surface area contributed by atoms with Gasteiger partial charge < -0.3 is 4.98 Å². The van der Waals surface area contributed by atoms with Crippen LogP contribution in [0.2, 0.25) is 0 Å². The normalized spacial score (nSPS) is 11.7. The van der Waals surface area contributed by atoms with Gasteiger partial charge in [-0.1, -0.05) is 0 Å². The molecule has 0 spiro atoms. The summed E-state index contributed by atoms with van der Waals surface area (Å²) in [5, 5.41) is 0. The lowest BCUT2D eigenvalue weighted by Gasteiger charge is -2.05. The van der Waals surface area contributed by atoms with E-state index >= 15 is 0 Å². The summed E-state index contributed by atoms with van der Waals surface area (Å²) in [6.45, 7) is 1.73. The molecule has 0 saturated heterocycles. The van der Waals surface area contributed by atoms with Gasteiger partial charge in [-0.25, -0.2) is 22.5 Å². The SMILES string of the molecule is CNS(=O)(=O)c1ccc(F)c(-c2cnc(C)[nH]2)c1. The fourth-order valence-electron chi connectivity index (χ4n) is 1.55. The van der Waals surface area contributed by atoms with Crippen molar-refractivity contribution in [2.75, 3.05) is 7.05 Å². The maximum atomic E-state index is 13.7. The Morgan fingerprint density at radius 1 is 1.39 bits per heavy atom. The molecule has 1 heterocycles. The highest BCUT2D eigenvalue weighted by Gasteiger charge is 2.15. The Labute approximate surface area is 104 Å². The van der Waals surface area contributed by atoms with E-state index in [9.17, 15) is 12.8 Å². The predicted molar refractivity (Wildman–Crippen MR) is 65.0 cm³/mol. The van der Waals surface area contributed by atoms with E-state index < -0.39 is 15.8 Å². The van der Waals surface area contributed by atoms with Crippen LogP contribution >= 0.6 is 0 Å². The Bertz CT molecular complexity index is 679. The molecule has 0 aliphatic heterocycles. The number of hydrogen-bond donors (Lipinski definition) is 2. The van der Waals surface area contributed by atoms with Gasteiger partial charge in [-0.05, 0) is 32.2 Å². The summed E-state index contributed by atoms with van der Waals surface area (Å²) in [5.41, 5.74) is 0.616. The zero-order valence-corrected chi connectivity index (χ0v) is 10.7. The van der Waals surface area contributed by atoms with Crippen LogP contribution in [0.25, 0.3) is 11.3 Å². The first kappa shape index (κ1) is 12.7. The van der Waals surface area contributed by atoms with Gasteiger partial charge in [0.05, 0.1) is 16.8 Å². The Morgan fingerprint density at radius 2 is 2.11 bits per heavy atom. The number of sulfonamides is 1. The fourth-order valence-corrected chi connectivity index (χ4v) is 2.31. The van der Waals surface area contributed by atoms with Crippen molar-refractivity contribution in [3.63, 3.8) is 0 Å². The molecule has 1 aromatic heterocycles. The van der Waals surface area contributed by atoms with E-state index in [4.69, 9.17) is 0 Å². The Hall–Kier alpha value is -1.73. The second-order valence-corrected chi connectivity index (χ2v) is 5.62. The highest BCUT2D eigenvalue weighted by molar-refractivity contribution is 7.89. The molecule has 5 nitrogen and oxygen atoms in total. The van der Waals surface area contributed by atoms with E-state index in [1.807, 2.05) is 0 Å². The van der Waals surface area contributed by atoms with Gasteiger partial charge in [0.15, 0.2) is 0 Å². The van der Waals surface area contributed by atoms with Gasteiger partial charge in [-0.2, -0.15) is 0 Å². The number of aryl methyl sites for hydroxylation is 1. The van der Waals surface area contributed by atoms with Crippen molar-refractivity contribution >= 4 is 10.0 Å². The summed E-state index contributed by atoms with van der Waals surface area (Å²) in [4.78, 5) is 6.83. The smallest absolute Gasteiger partial charge is 0.240 e. The lowest BCUT2D eigenvalue weighted by Crippen LogP contribution is -2.18. The molecule has 0 unspecified atom stereocenters. The third kappa shape index (κ3) is 2.27. The zero-order valence-electron chi connectivity index (χ0n) is 9.86. The van der Waals surface area contributed by atoms with Crippen molar-refractivity contribution in [1.29, 1.82) is 0 Å². The highest BCUT2D eigenvalue weighted by Crippen LogP contribution is 2.24. The third-order valence-electron chi connectivity index (χ3n) is 2.51. The first-order chi connectivity index (χ1) is 8.44. The van der Waals surface area contributed by atoms with Crippen molar-refractivity contribution in [3.05, 3.63) is 36.0 Å². The van der Waals surface area contributed by atoms with Gasteiger partial charge in [-0.15, -0.1) is 0 Å². The van der Waals surface area contributed by atoms with Gasteiger partial charge >= 0.3 is 0 Å². The first-order valence-corrected chi connectivity index (χ1v) is 6.67. The molecule has 0 radical (unpaired) electrons. The molecule has 7 heteroatoms. The molecule has 2 N–H and O–H groups in total. The third-order valence-corrected chi connectivity index (χ3v) is 3.92. The van der Waals surface area contributed by atoms with Crippen LogP contribution in [-0.2, 0) is 10.0 Å². The van der Waals surface area contributed by atoms with Crippen LogP contribution in [0.15, 0.2) is 29.3 Å². The van der Waals surface area contributed by atoms with E-state index in [1.165, 1.54) is 25.4 Å². The number of rotatable bonds is 3. The summed E-state index contributed by atoms with van der Waals surface area (Å²) in [6, 6.07) is 3.61. The molecule has 0 aliphatic rings. The number of aromatic amines is 1. The molecule has 2 rings (SSSR count). The minimum Gasteiger partial charge on any atom is -0.342 e. The van der Waals surface area contributed by atoms with Crippen molar-refractivity contribution in [3.8, 4) is 11.3 Å². The van der Waals surface area contributed by atoms with Crippen LogP contribution in [0.5, 0.6) is 0 Å². The second-order valence-electron chi connectivity index (χ2n) is 3.73. The number of nitrogens with zero attached hydrogens (tertiary/aromatic N) is 1. The van der Waals surface area contributed by atoms with Crippen molar-refractivity contribution in [2.24, 2.45) is 0 Å². The minimum atomic E-state index is -3.59. The molecule has 0 aliphatic carbocycles. The molecule has 1 aromatic carbocycles. The molecule has 0 saturated carbocycles. The predicted octanol–water partition coefficient (Wildman–Crippen LogP) is 1.43. The van der Waals surface area contributed by atoms with Gasteiger partial charge in [0.25, 0.3) is 0 Å². The maximum Gasteiger partial charge on any atom is 0.240 e. The average Bonchev–Trinajstić information content (AvgIpc) is 2.76. The van der Waals surface area contributed by atoms with Crippen molar-refractivity contribution in [2.45, 2.75) is 11.8 Å². The number of H-pyrrole nitrogens is 1. The van der Waals surface area contributed by atoms with Crippen LogP contribution < -0.4 is 4.72 Å². The zero-order chi connectivity index (χ0) is 13.3. The molecule has 96 valence electrons. The first-order valence-electron chi connectivity index (χ1n) is 5.19. The number of aromatic nitrogens is 2. The standard InChI is InChI=1S/C11H12FN3O2S/c1-7-14-6-11(15-7)9-5-8(3-4-10(9)12)18(16,17)13-2/h3-6,13H,1-2H3,(H,14,15). The van der Waals surface area contributed by atoms with Crippen molar-refractivity contribution < 1.29 is 12.8 Å². The average molecular weight is 269 g/mol. The maximum absolute atomic E-state index is 13.7. The van der Waals surface area contributed by atoms with Gasteiger partial charge in [0.2, 0.25) is 10.0 Å². The lowest BCUT2D eigenvalue weighted by molar-refractivity contribution is 0.587. The minimum absolute atomic E-state index is 0.00801. The molecule has 2 aromatic rings. The largest absolute Gasteiger partial charge is 0.342 e. The molecule has 0 amide bonds. The monoisotopic (exact) mass is 269 g/mol. The fraction of sp³-hybridized carbons (Fsp3) is 0.182. The molecule has 0 bridgehead atoms. The molecular weight excluding hydrogens is 257 g/mol. The summed E-state index contributed by atoms with van der Waals surface area (Å²) >= 11 is 0. The van der Waals surface area contributed by atoms with Crippen LogP contribution in [0.4, 0.5) is 4.39 Å². The summed E-state index contributed by atoms with van der Waals surface area (Å²) in [7, 11) is -2.29. The molecule has 0 atom stereocenters. The molecular formula is C11H12FN3O2S. The Kier molecular flexibility index (Phi) is 3.18. The van der Waals surface area contributed by atoms with Crippen LogP contribution in [-0.4, -0.2) is 25.4 Å². The van der Waals surface area contributed by atoms with E-state index in [-0.39, 0.29) is 10.5 Å². The number of nitrogens with one attached hydrogen (secondary N) is 2. The Balaban J connectivity index is 2.59. The van der Waals surface area contributed by atoms with E-state index in [1.54, 1.807) is 6.92 Å². The number of hydrogen-bond acceptors (Lipinski definition) is 3. The van der Waals surface area contributed by atoms with Crippen LogP contribution in [0.1, 0.15) is 5.82 Å². The number of imidazole rings is 1.